The van der Waals surface area contributed by atoms with E-state index < -0.39 is 5.41 Å². The molecule has 26 heavy (non-hydrogen) atoms. The minimum atomic E-state index is -0.619. The summed E-state index contributed by atoms with van der Waals surface area (Å²) in [6.07, 6.45) is 1.46. The van der Waals surface area contributed by atoms with Crippen molar-refractivity contribution in [3.05, 3.63) is 69.2 Å². The summed E-state index contributed by atoms with van der Waals surface area (Å²) < 4.78 is 6.27. The third-order valence-corrected chi connectivity index (χ3v) is 5.68. The highest BCUT2D eigenvalue weighted by atomic mass is 79.9. The summed E-state index contributed by atoms with van der Waals surface area (Å²) in [6.45, 7) is 0.190. The lowest BCUT2D eigenvalue weighted by atomic mass is 9.96. The summed E-state index contributed by atoms with van der Waals surface area (Å²) in [6, 6.07) is 14.9. The molecule has 0 atom stereocenters. The summed E-state index contributed by atoms with van der Waals surface area (Å²) >= 11 is 9.38. The van der Waals surface area contributed by atoms with Gasteiger partial charge in [0.05, 0.1) is 5.41 Å². The highest BCUT2D eigenvalue weighted by molar-refractivity contribution is 9.10. The Balaban J connectivity index is 1.56. The van der Waals surface area contributed by atoms with Gasteiger partial charge in [0.2, 0.25) is 0 Å². The van der Waals surface area contributed by atoms with Crippen molar-refractivity contribution in [2.75, 3.05) is 13.7 Å². The van der Waals surface area contributed by atoms with Gasteiger partial charge in [-0.3, -0.25) is 9.59 Å². The van der Waals surface area contributed by atoms with Crippen molar-refractivity contribution in [3.8, 4) is 0 Å². The molecular weight excluding hydrogens is 418 g/mol. The van der Waals surface area contributed by atoms with Gasteiger partial charge >= 0.3 is 5.97 Å². The molecule has 0 saturated heterocycles. The van der Waals surface area contributed by atoms with Crippen LogP contribution in [-0.2, 0) is 26.3 Å². The third kappa shape index (κ3) is 4.10. The van der Waals surface area contributed by atoms with E-state index in [9.17, 15) is 9.59 Å². The molecule has 1 amide bonds. The first-order valence-corrected chi connectivity index (χ1v) is 9.50. The van der Waals surface area contributed by atoms with E-state index in [1.807, 2.05) is 36.4 Å². The van der Waals surface area contributed by atoms with Crippen LogP contribution in [0.2, 0.25) is 5.02 Å². The van der Waals surface area contributed by atoms with Crippen LogP contribution in [0.5, 0.6) is 0 Å². The zero-order chi connectivity index (χ0) is 18.7. The van der Waals surface area contributed by atoms with Crippen LogP contribution in [-0.4, -0.2) is 30.4 Å². The Bertz CT molecular complexity index is 818. The minimum absolute atomic E-state index is 0.235. The minimum Gasteiger partial charge on any atom is -0.455 e. The molecule has 0 radical (unpaired) electrons. The highest BCUT2D eigenvalue weighted by Gasteiger charge is 2.52. The van der Waals surface area contributed by atoms with Gasteiger partial charge in [-0.25, -0.2) is 0 Å². The van der Waals surface area contributed by atoms with E-state index in [0.717, 1.165) is 28.4 Å². The summed E-state index contributed by atoms with van der Waals surface area (Å²) in [4.78, 5) is 26.4. The van der Waals surface area contributed by atoms with Crippen LogP contribution < -0.4 is 0 Å². The molecule has 0 bridgehead atoms. The van der Waals surface area contributed by atoms with E-state index in [4.69, 9.17) is 16.3 Å². The van der Waals surface area contributed by atoms with E-state index >= 15 is 0 Å². The van der Waals surface area contributed by atoms with Gasteiger partial charge < -0.3 is 9.64 Å². The van der Waals surface area contributed by atoms with Crippen LogP contribution in [0.1, 0.15) is 24.0 Å². The SMILES string of the molecule is CN(Cc1ccccc1Br)C(=O)COC(=O)C1(c2ccc(Cl)cc2)CC1. The van der Waals surface area contributed by atoms with Gasteiger partial charge in [0.1, 0.15) is 0 Å². The Morgan fingerprint density at radius 3 is 2.42 bits per heavy atom. The van der Waals surface area contributed by atoms with Gasteiger partial charge in [-0.05, 0) is 42.2 Å². The first kappa shape index (κ1) is 18.9. The lowest BCUT2D eigenvalue weighted by molar-refractivity contribution is -0.154. The van der Waals surface area contributed by atoms with Crippen molar-refractivity contribution in [3.63, 3.8) is 0 Å². The number of amides is 1. The number of hydrogen-bond acceptors (Lipinski definition) is 3. The fourth-order valence-electron chi connectivity index (χ4n) is 2.85. The number of halogens is 2. The molecule has 1 aliphatic rings. The summed E-state index contributed by atoms with van der Waals surface area (Å²) in [5.41, 5.74) is 1.27. The van der Waals surface area contributed by atoms with Crippen LogP contribution in [0, 0.1) is 0 Å². The summed E-state index contributed by atoms with van der Waals surface area (Å²) in [7, 11) is 1.70. The second-order valence-corrected chi connectivity index (χ2v) is 7.80. The Hall–Kier alpha value is -1.85. The predicted octanol–water partition coefficient (Wildman–Crippen LogP) is 4.34. The topological polar surface area (TPSA) is 46.6 Å². The van der Waals surface area contributed by atoms with Gasteiger partial charge in [0.15, 0.2) is 6.61 Å². The van der Waals surface area contributed by atoms with Crippen molar-refractivity contribution < 1.29 is 14.3 Å². The van der Waals surface area contributed by atoms with Gasteiger partial charge in [0, 0.05) is 23.1 Å². The zero-order valence-corrected chi connectivity index (χ0v) is 16.7. The Kier molecular flexibility index (Phi) is 5.68. The summed E-state index contributed by atoms with van der Waals surface area (Å²) in [5.74, 6) is -0.580. The molecule has 2 aromatic carbocycles. The number of carbonyl (C=O) groups is 2. The van der Waals surface area contributed by atoms with Gasteiger partial charge in [0.25, 0.3) is 5.91 Å². The second kappa shape index (κ2) is 7.80. The molecule has 1 aliphatic carbocycles. The molecule has 0 aromatic heterocycles. The van der Waals surface area contributed by atoms with Crippen molar-refractivity contribution in [1.29, 1.82) is 0 Å². The molecule has 6 heteroatoms. The van der Waals surface area contributed by atoms with Gasteiger partial charge in [-0.2, -0.15) is 0 Å². The maximum Gasteiger partial charge on any atom is 0.317 e. The number of ether oxygens (including phenoxy) is 1. The number of esters is 1. The van der Waals surface area contributed by atoms with E-state index in [-0.39, 0.29) is 18.5 Å². The molecule has 2 aromatic rings. The molecule has 0 N–H and O–H groups in total. The van der Waals surface area contributed by atoms with Crippen molar-refractivity contribution >= 4 is 39.4 Å². The molecule has 0 aliphatic heterocycles. The summed E-state index contributed by atoms with van der Waals surface area (Å²) in [5, 5.41) is 0.627. The molecule has 1 saturated carbocycles. The van der Waals surface area contributed by atoms with Crippen LogP contribution in [0.15, 0.2) is 53.0 Å². The van der Waals surface area contributed by atoms with Crippen LogP contribution in [0.3, 0.4) is 0 Å². The normalized spacial score (nSPS) is 14.6. The smallest absolute Gasteiger partial charge is 0.317 e. The molecule has 136 valence electrons. The monoisotopic (exact) mass is 435 g/mol. The van der Waals surface area contributed by atoms with Crippen molar-refractivity contribution in [1.82, 2.24) is 4.90 Å². The zero-order valence-electron chi connectivity index (χ0n) is 14.4. The number of hydrogen-bond donors (Lipinski definition) is 0. The van der Waals surface area contributed by atoms with Gasteiger partial charge in [-0.15, -0.1) is 0 Å². The van der Waals surface area contributed by atoms with Crippen molar-refractivity contribution in [2.45, 2.75) is 24.8 Å². The number of benzene rings is 2. The molecule has 0 heterocycles. The van der Waals surface area contributed by atoms with E-state index in [0.29, 0.717) is 11.6 Å². The van der Waals surface area contributed by atoms with E-state index in [2.05, 4.69) is 15.9 Å². The Morgan fingerprint density at radius 1 is 1.15 bits per heavy atom. The van der Waals surface area contributed by atoms with Crippen LogP contribution in [0.25, 0.3) is 0 Å². The van der Waals surface area contributed by atoms with Crippen LogP contribution >= 0.6 is 27.5 Å². The predicted molar refractivity (Wildman–Crippen MR) is 104 cm³/mol. The molecule has 0 unspecified atom stereocenters. The molecule has 4 nitrogen and oxygen atoms in total. The second-order valence-electron chi connectivity index (χ2n) is 6.51. The number of nitrogens with zero attached hydrogens (tertiary/aromatic N) is 1. The van der Waals surface area contributed by atoms with E-state index in [1.165, 1.54) is 0 Å². The van der Waals surface area contributed by atoms with Crippen LogP contribution in [0.4, 0.5) is 0 Å². The number of rotatable bonds is 6. The van der Waals surface area contributed by atoms with E-state index in [1.54, 1.807) is 24.1 Å². The standard InChI is InChI=1S/C20H19BrClNO3/c1-23(12-14-4-2-3-5-17(14)21)18(24)13-26-19(25)20(10-11-20)15-6-8-16(22)9-7-15/h2-9H,10-13H2,1H3. The first-order chi connectivity index (χ1) is 12.4. The first-order valence-electron chi connectivity index (χ1n) is 8.33. The number of carbonyl (C=O) groups excluding carboxylic acids is 2. The van der Waals surface area contributed by atoms with Gasteiger partial charge in [-0.1, -0.05) is 57.9 Å². The Labute approximate surface area is 166 Å². The fraction of sp³-hybridized carbons (Fsp3) is 0.300. The van der Waals surface area contributed by atoms with Crippen molar-refractivity contribution in [2.24, 2.45) is 0 Å². The average molecular weight is 437 g/mol. The lowest BCUT2D eigenvalue weighted by Crippen LogP contribution is -2.33. The maximum atomic E-state index is 12.5. The number of likely N-dealkylation sites (N-methyl/N-ethyl adjacent to an activating group) is 1. The molecule has 0 spiro atoms. The maximum absolute atomic E-state index is 12.5. The highest BCUT2D eigenvalue weighted by Crippen LogP contribution is 2.49. The lowest BCUT2D eigenvalue weighted by Gasteiger charge is -2.19. The molecule has 1 fully saturated rings. The molecular formula is C20H19BrClNO3. The third-order valence-electron chi connectivity index (χ3n) is 4.66. The quantitative estimate of drug-likeness (QED) is 0.633. The largest absolute Gasteiger partial charge is 0.455 e. The molecule has 3 rings (SSSR count). The fourth-order valence-corrected chi connectivity index (χ4v) is 3.39. The Morgan fingerprint density at radius 2 is 1.81 bits per heavy atom. The average Bonchev–Trinajstić information content (AvgIpc) is 3.43.